The van der Waals surface area contributed by atoms with E-state index in [9.17, 15) is 4.79 Å². The van der Waals surface area contributed by atoms with E-state index in [0.717, 1.165) is 42.7 Å². The minimum absolute atomic E-state index is 0.443. The average molecular weight is 303 g/mol. The summed E-state index contributed by atoms with van der Waals surface area (Å²) in [7, 11) is 1.63. The normalized spacial score (nSPS) is 10.5. The van der Waals surface area contributed by atoms with Crippen molar-refractivity contribution in [1.29, 1.82) is 0 Å². The van der Waals surface area contributed by atoms with Crippen molar-refractivity contribution in [1.82, 2.24) is 15.0 Å². The predicted octanol–water partition coefficient (Wildman–Crippen LogP) is 2.52. The number of hydrogen-bond donors (Lipinski definition) is 0. The Bertz CT molecular complexity index is 593. The lowest BCUT2D eigenvalue weighted by molar-refractivity contribution is 0.111. The molecular formula is C16H21N3O3. The maximum Gasteiger partial charge on any atom is 0.172 e. The molecule has 2 rings (SSSR count). The fourth-order valence-corrected chi connectivity index (χ4v) is 2.19. The SMILES string of the molecule is CCCc1c(C=O)nnn1CCCOc1ccc(OC)cc1. The van der Waals surface area contributed by atoms with E-state index in [0.29, 0.717) is 18.8 Å². The van der Waals surface area contributed by atoms with Crippen LogP contribution in [0.5, 0.6) is 11.5 Å². The number of carbonyl (C=O) groups is 1. The van der Waals surface area contributed by atoms with Gasteiger partial charge in [0.1, 0.15) is 17.2 Å². The van der Waals surface area contributed by atoms with Gasteiger partial charge in [0.15, 0.2) is 6.29 Å². The number of ether oxygens (including phenoxy) is 2. The minimum Gasteiger partial charge on any atom is -0.497 e. The van der Waals surface area contributed by atoms with E-state index in [4.69, 9.17) is 9.47 Å². The second-order valence-corrected chi connectivity index (χ2v) is 4.89. The largest absolute Gasteiger partial charge is 0.497 e. The van der Waals surface area contributed by atoms with Crippen molar-refractivity contribution in [3.63, 3.8) is 0 Å². The van der Waals surface area contributed by atoms with Crippen molar-refractivity contribution < 1.29 is 14.3 Å². The first-order valence-electron chi connectivity index (χ1n) is 7.43. The summed E-state index contributed by atoms with van der Waals surface area (Å²) in [5, 5.41) is 7.94. The summed E-state index contributed by atoms with van der Waals surface area (Å²) < 4.78 is 12.6. The third-order valence-electron chi connectivity index (χ3n) is 3.31. The molecule has 22 heavy (non-hydrogen) atoms. The molecule has 6 heteroatoms. The smallest absolute Gasteiger partial charge is 0.172 e. The monoisotopic (exact) mass is 303 g/mol. The van der Waals surface area contributed by atoms with E-state index in [-0.39, 0.29) is 0 Å². The molecule has 0 aliphatic rings. The molecule has 118 valence electrons. The Morgan fingerprint density at radius 3 is 2.59 bits per heavy atom. The number of benzene rings is 1. The van der Waals surface area contributed by atoms with Gasteiger partial charge in [0, 0.05) is 13.0 Å². The molecule has 0 aliphatic carbocycles. The second kappa shape index (κ2) is 8.17. The van der Waals surface area contributed by atoms with E-state index >= 15 is 0 Å². The van der Waals surface area contributed by atoms with Gasteiger partial charge in [-0.3, -0.25) is 4.79 Å². The van der Waals surface area contributed by atoms with Crippen molar-refractivity contribution in [2.75, 3.05) is 13.7 Å². The highest BCUT2D eigenvalue weighted by Crippen LogP contribution is 2.17. The maximum absolute atomic E-state index is 10.9. The van der Waals surface area contributed by atoms with Gasteiger partial charge in [-0.2, -0.15) is 0 Å². The number of aldehydes is 1. The third-order valence-corrected chi connectivity index (χ3v) is 3.31. The van der Waals surface area contributed by atoms with Crippen molar-refractivity contribution in [2.24, 2.45) is 0 Å². The molecule has 6 nitrogen and oxygen atoms in total. The van der Waals surface area contributed by atoms with Crippen LogP contribution >= 0.6 is 0 Å². The van der Waals surface area contributed by atoms with E-state index < -0.39 is 0 Å². The van der Waals surface area contributed by atoms with Crippen LogP contribution in [0.4, 0.5) is 0 Å². The van der Waals surface area contributed by atoms with Crippen molar-refractivity contribution in [3.05, 3.63) is 35.7 Å². The standard InChI is InChI=1S/C16H21N3O3/c1-3-5-16-15(12-20)17-18-19(16)10-4-11-22-14-8-6-13(21-2)7-9-14/h6-9,12H,3-5,10-11H2,1-2H3. The quantitative estimate of drug-likeness (QED) is 0.526. The summed E-state index contributed by atoms with van der Waals surface area (Å²) in [6.45, 7) is 3.33. The molecule has 0 saturated carbocycles. The van der Waals surface area contributed by atoms with E-state index in [1.807, 2.05) is 24.3 Å². The lowest BCUT2D eigenvalue weighted by Gasteiger charge is -2.08. The summed E-state index contributed by atoms with van der Waals surface area (Å²) in [6, 6.07) is 7.48. The number of methoxy groups -OCH3 is 1. The zero-order valence-corrected chi connectivity index (χ0v) is 13.0. The minimum atomic E-state index is 0.443. The van der Waals surface area contributed by atoms with Gasteiger partial charge in [0.05, 0.1) is 19.4 Å². The number of aromatic nitrogens is 3. The van der Waals surface area contributed by atoms with E-state index in [2.05, 4.69) is 17.2 Å². The van der Waals surface area contributed by atoms with Crippen LogP contribution in [0.1, 0.15) is 35.9 Å². The van der Waals surface area contributed by atoms with Gasteiger partial charge in [-0.25, -0.2) is 4.68 Å². The number of hydrogen-bond acceptors (Lipinski definition) is 5. The van der Waals surface area contributed by atoms with Crippen molar-refractivity contribution in [2.45, 2.75) is 32.7 Å². The molecule has 0 bridgehead atoms. The molecule has 1 aromatic carbocycles. The van der Waals surface area contributed by atoms with Crippen LogP contribution in [0.25, 0.3) is 0 Å². The molecule has 0 N–H and O–H groups in total. The van der Waals surface area contributed by atoms with E-state index in [1.54, 1.807) is 11.8 Å². The lowest BCUT2D eigenvalue weighted by Crippen LogP contribution is -2.09. The Morgan fingerprint density at radius 2 is 1.95 bits per heavy atom. The fraction of sp³-hybridized carbons (Fsp3) is 0.438. The van der Waals surface area contributed by atoms with Crippen LogP contribution in [-0.2, 0) is 13.0 Å². The molecule has 0 atom stereocenters. The third kappa shape index (κ3) is 4.07. The van der Waals surface area contributed by atoms with Crippen LogP contribution in [0.3, 0.4) is 0 Å². The molecule has 0 fully saturated rings. The van der Waals surface area contributed by atoms with Gasteiger partial charge in [-0.1, -0.05) is 18.6 Å². The first-order chi connectivity index (χ1) is 10.8. The summed E-state index contributed by atoms with van der Waals surface area (Å²) in [6.07, 6.45) is 3.32. The van der Waals surface area contributed by atoms with Crippen LogP contribution < -0.4 is 9.47 Å². The Kier molecular flexibility index (Phi) is 5.94. The van der Waals surface area contributed by atoms with Gasteiger partial charge in [0.2, 0.25) is 0 Å². The molecule has 0 radical (unpaired) electrons. The molecule has 1 heterocycles. The number of nitrogens with zero attached hydrogens (tertiary/aromatic N) is 3. The highest BCUT2D eigenvalue weighted by atomic mass is 16.5. The molecule has 0 saturated heterocycles. The summed E-state index contributed by atoms with van der Waals surface area (Å²) in [4.78, 5) is 10.9. The van der Waals surface area contributed by atoms with Gasteiger partial charge >= 0.3 is 0 Å². The van der Waals surface area contributed by atoms with Crippen LogP contribution in [-0.4, -0.2) is 35.0 Å². The molecule has 0 aliphatic heterocycles. The van der Waals surface area contributed by atoms with E-state index in [1.165, 1.54) is 0 Å². The number of aryl methyl sites for hydroxylation is 1. The zero-order valence-electron chi connectivity index (χ0n) is 13.0. The fourth-order valence-electron chi connectivity index (χ4n) is 2.19. The topological polar surface area (TPSA) is 66.2 Å². The molecule has 0 unspecified atom stereocenters. The first-order valence-corrected chi connectivity index (χ1v) is 7.43. The van der Waals surface area contributed by atoms with Gasteiger partial charge < -0.3 is 9.47 Å². The summed E-state index contributed by atoms with van der Waals surface area (Å²) >= 11 is 0. The lowest BCUT2D eigenvalue weighted by atomic mass is 10.2. The summed E-state index contributed by atoms with van der Waals surface area (Å²) in [5.41, 5.74) is 1.35. The highest BCUT2D eigenvalue weighted by molar-refractivity contribution is 5.73. The molecule has 0 spiro atoms. The van der Waals surface area contributed by atoms with Crippen LogP contribution in [0.2, 0.25) is 0 Å². The summed E-state index contributed by atoms with van der Waals surface area (Å²) in [5.74, 6) is 1.61. The zero-order chi connectivity index (χ0) is 15.8. The van der Waals surface area contributed by atoms with Crippen LogP contribution in [0.15, 0.2) is 24.3 Å². The Balaban J connectivity index is 1.83. The molecule has 2 aromatic rings. The highest BCUT2D eigenvalue weighted by Gasteiger charge is 2.10. The predicted molar refractivity (Wildman–Crippen MR) is 82.5 cm³/mol. The average Bonchev–Trinajstić information content (AvgIpc) is 2.94. The van der Waals surface area contributed by atoms with Gasteiger partial charge in [0.25, 0.3) is 0 Å². The Morgan fingerprint density at radius 1 is 1.23 bits per heavy atom. The van der Waals surface area contributed by atoms with Crippen molar-refractivity contribution >= 4 is 6.29 Å². The maximum atomic E-state index is 10.9. The number of rotatable bonds is 9. The van der Waals surface area contributed by atoms with Crippen molar-refractivity contribution in [3.8, 4) is 11.5 Å². The van der Waals surface area contributed by atoms with Gasteiger partial charge in [-0.15, -0.1) is 5.10 Å². The van der Waals surface area contributed by atoms with Gasteiger partial charge in [-0.05, 0) is 30.7 Å². The molecular weight excluding hydrogens is 282 g/mol. The number of carbonyl (C=O) groups excluding carboxylic acids is 1. The first kappa shape index (κ1) is 16.0. The molecule has 1 aromatic heterocycles. The van der Waals surface area contributed by atoms with Crippen LogP contribution in [0, 0.1) is 0 Å². The second-order valence-electron chi connectivity index (χ2n) is 4.89. The Labute approximate surface area is 130 Å². The molecule has 0 amide bonds. The Hall–Kier alpha value is -2.37.